The Morgan fingerprint density at radius 2 is 1.94 bits per heavy atom. The SMILES string of the molecule is C=C(C)[C@@H]([C@H](C)OC(C)=O)n1[nH]c(=O)n(C)c1=O. The summed E-state index contributed by atoms with van der Waals surface area (Å²) in [5.74, 6) is -0.458. The number of aromatic amines is 1. The number of aromatic nitrogens is 3. The molecule has 1 N–H and O–H groups in total. The molecule has 0 spiro atoms. The van der Waals surface area contributed by atoms with Crippen molar-refractivity contribution >= 4 is 5.97 Å². The van der Waals surface area contributed by atoms with Gasteiger partial charge in [0.2, 0.25) is 0 Å². The molecule has 0 saturated heterocycles. The van der Waals surface area contributed by atoms with Crippen molar-refractivity contribution < 1.29 is 9.53 Å². The molecule has 0 amide bonds. The molecule has 7 heteroatoms. The molecular weight excluding hydrogens is 238 g/mol. The van der Waals surface area contributed by atoms with Gasteiger partial charge >= 0.3 is 17.3 Å². The highest BCUT2D eigenvalue weighted by Gasteiger charge is 2.25. The Morgan fingerprint density at radius 3 is 2.28 bits per heavy atom. The van der Waals surface area contributed by atoms with E-state index in [1.807, 2.05) is 0 Å². The zero-order valence-electron chi connectivity index (χ0n) is 10.9. The maximum atomic E-state index is 11.8. The Morgan fingerprint density at radius 1 is 1.39 bits per heavy atom. The second-order valence-corrected chi connectivity index (χ2v) is 4.23. The van der Waals surface area contributed by atoms with Gasteiger partial charge in [0.05, 0.1) is 0 Å². The number of esters is 1. The minimum Gasteiger partial charge on any atom is -0.460 e. The molecule has 0 fully saturated rings. The topological polar surface area (TPSA) is 86.1 Å². The van der Waals surface area contributed by atoms with Gasteiger partial charge < -0.3 is 4.74 Å². The number of H-pyrrole nitrogens is 1. The second kappa shape index (κ2) is 5.07. The van der Waals surface area contributed by atoms with E-state index < -0.39 is 29.5 Å². The number of nitrogens with one attached hydrogen (secondary N) is 1. The lowest BCUT2D eigenvalue weighted by Gasteiger charge is -2.23. The van der Waals surface area contributed by atoms with Gasteiger partial charge in [0, 0.05) is 14.0 Å². The normalized spacial score (nSPS) is 14.0. The van der Waals surface area contributed by atoms with Crippen LogP contribution in [0.25, 0.3) is 0 Å². The maximum Gasteiger partial charge on any atom is 0.347 e. The summed E-state index contributed by atoms with van der Waals surface area (Å²) in [5.41, 5.74) is -0.430. The Balaban J connectivity index is 3.25. The Kier molecular flexibility index (Phi) is 3.95. The highest BCUT2D eigenvalue weighted by Crippen LogP contribution is 2.19. The third kappa shape index (κ3) is 2.61. The van der Waals surface area contributed by atoms with Gasteiger partial charge in [-0.05, 0) is 13.8 Å². The third-order valence-electron chi connectivity index (χ3n) is 2.59. The van der Waals surface area contributed by atoms with Gasteiger partial charge in [-0.15, -0.1) is 0 Å². The van der Waals surface area contributed by atoms with E-state index in [1.165, 1.54) is 14.0 Å². The zero-order chi connectivity index (χ0) is 14.0. The van der Waals surface area contributed by atoms with E-state index in [-0.39, 0.29) is 0 Å². The number of carbonyl (C=O) groups excluding carboxylic acids is 1. The van der Waals surface area contributed by atoms with Crippen LogP contribution >= 0.6 is 0 Å². The van der Waals surface area contributed by atoms with E-state index in [1.54, 1.807) is 13.8 Å². The van der Waals surface area contributed by atoms with Crippen LogP contribution < -0.4 is 11.4 Å². The molecule has 0 unspecified atom stereocenters. The van der Waals surface area contributed by atoms with Gasteiger partial charge in [-0.25, -0.2) is 23.9 Å². The van der Waals surface area contributed by atoms with E-state index in [0.29, 0.717) is 5.57 Å². The minimum atomic E-state index is -0.602. The van der Waals surface area contributed by atoms with Crippen LogP contribution in [0.2, 0.25) is 0 Å². The van der Waals surface area contributed by atoms with Crippen LogP contribution in [0.5, 0.6) is 0 Å². The quantitative estimate of drug-likeness (QED) is 0.603. The summed E-state index contributed by atoms with van der Waals surface area (Å²) in [6.45, 7) is 8.37. The molecule has 18 heavy (non-hydrogen) atoms. The molecule has 0 radical (unpaired) electrons. The molecule has 1 rings (SSSR count). The molecule has 7 nitrogen and oxygen atoms in total. The van der Waals surface area contributed by atoms with Crippen molar-refractivity contribution in [3.05, 3.63) is 33.1 Å². The molecule has 0 aromatic carbocycles. The second-order valence-electron chi connectivity index (χ2n) is 4.23. The van der Waals surface area contributed by atoms with Crippen molar-refractivity contribution in [3.63, 3.8) is 0 Å². The monoisotopic (exact) mass is 255 g/mol. The largest absolute Gasteiger partial charge is 0.460 e. The predicted molar refractivity (Wildman–Crippen MR) is 65.4 cm³/mol. The Bertz CT molecular complexity index is 578. The number of nitrogens with zero attached hydrogens (tertiary/aromatic N) is 2. The summed E-state index contributed by atoms with van der Waals surface area (Å²) in [6, 6.07) is -0.602. The van der Waals surface area contributed by atoms with Crippen LogP contribution in [-0.2, 0) is 16.6 Å². The third-order valence-corrected chi connectivity index (χ3v) is 2.59. The lowest BCUT2D eigenvalue weighted by atomic mass is 10.1. The van der Waals surface area contributed by atoms with Gasteiger partial charge in [-0.2, -0.15) is 0 Å². The molecule has 100 valence electrons. The van der Waals surface area contributed by atoms with Crippen LogP contribution in [0.4, 0.5) is 0 Å². The van der Waals surface area contributed by atoms with Crippen molar-refractivity contribution in [3.8, 4) is 0 Å². The lowest BCUT2D eigenvalue weighted by Crippen LogP contribution is -2.35. The van der Waals surface area contributed by atoms with E-state index in [9.17, 15) is 14.4 Å². The zero-order valence-corrected chi connectivity index (χ0v) is 10.9. The summed E-state index contributed by atoms with van der Waals surface area (Å²) in [7, 11) is 1.36. The van der Waals surface area contributed by atoms with Crippen LogP contribution in [0.3, 0.4) is 0 Å². The fourth-order valence-corrected chi connectivity index (χ4v) is 1.82. The van der Waals surface area contributed by atoms with Crippen molar-refractivity contribution in [2.24, 2.45) is 7.05 Å². The number of hydrogen-bond acceptors (Lipinski definition) is 4. The lowest BCUT2D eigenvalue weighted by molar-refractivity contribution is -0.147. The van der Waals surface area contributed by atoms with Gasteiger partial charge in [0.15, 0.2) is 0 Å². The molecule has 1 heterocycles. The van der Waals surface area contributed by atoms with E-state index in [0.717, 1.165) is 9.25 Å². The smallest absolute Gasteiger partial charge is 0.347 e. The molecule has 0 bridgehead atoms. The molecule has 0 aliphatic carbocycles. The highest BCUT2D eigenvalue weighted by molar-refractivity contribution is 5.66. The molecule has 0 saturated carbocycles. The standard InChI is InChI=1S/C11H17N3O4/c1-6(2)9(7(3)18-8(4)15)14-11(17)13(5)10(16)12-14/h7,9H,1H2,2-5H3,(H,12,16)/t7-,9-/m0/s1. The first kappa shape index (κ1) is 14.0. The summed E-state index contributed by atoms with van der Waals surface area (Å²) < 4.78 is 7.11. The van der Waals surface area contributed by atoms with E-state index >= 15 is 0 Å². The first-order valence-corrected chi connectivity index (χ1v) is 5.45. The van der Waals surface area contributed by atoms with E-state index in [4.69, 9.17) is 4.74 Å². The van der Waals surface area contributed by atoms with Crippen LogP contribution in [0, 0.1) is 0 Å². The molecule has 0 aliphatic rings. The van der Waals surface area contributed by atoms with Gasteiger partial charge in [0.25, 0.3) is 0 Å². The fraction of sp³-hybridized carbons (Fsp3) is 0.545. The summed E-state index contributed by atoms with van der Waals surface area (Å²) in [6.07, 6.45) is -0.601. The number of rotatable bonds is 4. The summed E-state index contributed by atoms with van der Waals surface area (Å²) in [4.78, 5) is 34.2. The number of carbonyl (C=O) groups is 1. The first-order valence-electron chi connectivity index (χ1n) is 5.45. The first-order chi connectivity index (χ1) is 8.25. The average molecular weight is 255 g/mol. The molecule has 1 aromatic heterocycles. The summed E-state index contributed by atoms with van der Waals surface area (Å²) in [5, 5.41) is 2.41. The van der Waals surface area contributed by atoms with Gasteiger partial charge in [-0.1, -0.05) is 12.2 Å². The van der Waals surface area contributed by atoms with Gasteiger partial charge in [-0.3, -0.25) is 4.79 Å². The van der Waals surface area contributed by atoms with E-state index in [2.05, 4.69) is 11.7 Å². The molecule has 1 aromatic rings. The maximum absolute atomic E-state index is 11.8. The molecule has 0 aliphatic heterocycles. The highest BCUT2D eigenvalue weighted by atomic mass is 16.5. The van der Waals surface area contributed by atoms with Crippen LogP contribution in [0.1, 0.15) is 26.8 Å². The van der Waals surface area contributed by atoms with Crippen molar-refractivity contribution in [2.45, 2.75) is 32.9 Å². The summed E-state index contributed by atoms with van der Waals surface area (Å²) >= 11 is 0. The van der Waals surface area contributed by atoms with Crippen molar-refractivity contribution in [1.29, 1.82) is 0 Å². The van der Waals surface area contributed by atoms with Crippen LogP contribution in [0.15, 0.2) is 21.7 Å². The Hall–Kier alpha value is -2.05. The molecule has 2 atom stereocenters. The number of ether oxygens (including phenoxy) is 1. The minimum absolute atomic E-state index is 0.458. The van der Waals surface area contributed by atoms with Crippen molar-refractivity contribution in [1.82, 2.24) is 14.3 Å². The molecular formula is C11H17N3O4. The van der Waals surface area contributed by atoms with Crippen LogP contribution in [-0.4, -0.2) is 26.4 Å². The average Bonchev–Trinajstić information content (AvgIpc) is 2.45. The Labute approximate surface area is 104 Å². The predicted octanol–water partition coefficient (Wildman–Crippen LogP) is -0.0561. The fourth-order valence-electron chi connectivity index (χ4n) is 1.82. The van der Waals surface area contributed by atoms with Gasteiger partial charge in [0.1, 0.15) is 12.1 Å². The number of hydrogen-bond donors (Lipinski definition) is 1. The van der Waals surface area contributed by atoms with Crippen molar-refractivity contribution in [2.75, 3.05) is 0 Å².